The average molecular weight is 193 g/mol. The highest BCUT2D eigenvalue weighted by Crippen LogP contribution is 2.02. The van der Waals surface area contributed by atoms with Crippen LogP contribution < -0.4 is 5.32 Å². The van der Waals surface area contributed by atoms with Crippen molar-refractivity contribution in [2.24, 2.45) is 0 Å². The van der Waals surface area contributed by atoms with Crippen molar-refractivity contribution in [3.63, 3.8) is 0 Å². The van der Waals surface area contributed by atoms with Gasteiger partial charge in [0, 0.05) is 13.0 Å². The van der Waals surface area contributed by atoms with Gasteiger partial charge in [0.05, 0.1) is 0 Å². The fourth-order valence-corrected chi connectivity index (χ4v) is 1.22. The minimum atomic E-state index is -0.947. The van der Waals surface area contributed by atoms with Gasteiger partial charge in [-0.3, -0.25) is 4.79 Å². The molecule has 0 radical (unpaired) electrons. The molecule has 0 aromatic heterocycles. The molecule has 0 saturated heterocycles. The van der Waals surface area contributed by atoms with Crippen LogP contribution in [-0.2, 0) is 11.2 Å². The molecular formula is C11H15NO2. The number of aliphatic hydroxyl groups is 1. The summed E-state index contributed by atoms with van der Waals surface area (Å²) in [5.41, 5.74) is 0.964. The van der Waals surface area contributed by atoms with Gasteiger partial charge in [0.1, 0.15) is 6.10 Å². The van der Waals surface area contributed by atoms with Crippen LogP contribution in [0.15, 0.2) is 30.3 Å². The quantitative estimate of drug-likeness (QED) is 0.740. The molecule has 0 fully saturated rings. The first-order valence-corrected chi connectivity index (χ1v) is 4.73. The van der Waals surface area contributed by atoms with Gasteiger partial charge >= 0.3 is 0 Å². The lowest BCUT2D eigenvalue weighted by Gasteiger charge is -2.09. The van der Waals surface area contributed by atoms with Gasteiger partial charge in [-0.25, -0.2) is 0 Å². The molecule has 0 saturated carbocycles. The van der Waals surface area contributed by atoms with E-state index in [4.69, 9.17) is 0 Å². The van der Waals surface area contributed by atoms with Crippen molar-refractivity contribution < 1.29 is 9.90 Å². The Balaban J connectivity index is 2.49. The predicted molar refractivity (Wildman–Crippen MR) is 54.8 cm³/mol. The zero-order valence-corrected chi connectivity index (χ0v) is 8.23. The van der Waals surface area contributed by atoms with Gasteiger partial charge in [-0.2, -0.15) is 0 Å². The first-order valence-electron chi connectivity index (χ1n) is 4.73. The van der Waals surface area contributed by atoms with Crippen LogP contribution in [-0.4, -0.2) is 23.7 Å². The van der Waals surface area contributed by atoms with Crippen molar-refractivity contribution in [2.45, 2.75) is 19.4 Å². The largest absolute Gasteiger partial charge is 0.383 e. The normalized spacial score (nSPS) is 12.1. The van der Waals surface area contributed by atoms with Gasteiger partial charge in [0.15, 0.2) is 0 Å². The number of carbonyl (C=O) groups excluding carboxylic acids is 1. The van der Waals surface area contributed by atoms with Crippen molar-refractivity contribution in [1.29, 1.82) is 0 Å². The summed E-state index contributed by atoms with van der Waals surface area (Å²) in [5.74, 6) is -0.309. The smallest absolute Gasteiger partial charge is 0.249 e. The van der Waals surface area contributed by atoms with Gasteiger partial charge in [0.2, 0.25) is 5.91 Å². The third-order valence-corrected chi connectivity index (χ3v) is 1.93. The summed E-state index contributed by atoms with van der Waals surface area (Å²) in [6.45, 7) is 2.37. The van der Waals surface area contributed by atoms with Crippen LogP contribution in [0.25, 0.3) is 0 Å². The molecule has 1 amide bonds. The number of likely N-dealkylation sites (N-methyl/N-ethyl adjacent to an activating group) is 1. The number of hydrogen-bond acceptors (Lipinski definition) is 2. The second-order valence-electron chi connectivity index (χ2n) is 3.10. The molecule has 0 aliphatic rings. The number of nitrogens with one attached hydrogen (secondary N) is 1. The van der Waals surface area contributed by atoms with Crippen LogP contribution >= 0.6 is 0 Å². The molecule has 0 heterocycles. The first-order chi connectivity index (χ1) is 6.74. The van der Waals surface area contributed by atoms with E-state index in [1.165, 1.54) is 0 Å². The highest BCUT2D eigenvalue weighted by atomic mass is 16.3. The van der Waals surface area contributed by atoms with E-state index in [0.717, 1.165) is 5.56 Å². The molecule has 0 aliphatic carbocycles. The molecule has 0 bridgehead atoms. The Bertz CT molecular complexity index is 285. The topological polar surface area (TPSA) is 49.3 Å². The Labute approximate surface area is 83.8 Å². The molecule has 3 nitrogen and oxygen atoms in total. The molecule has 1 aromatic carbocycles. The van der Waals surface area contributed by atoms with Crippen molar-refractivity contribution in [1.82, 2.24) is 5.32 Å². The number of aliphatic hydroxyl groups excluding tert-OH is 1. The maximum atomic E-state index is 11.2. The van der Waals surface area contributed by atoms with E-state index in [2.05, 4.69) is 5.32 Å². The van der Waals surface area contributed by atoms with Crippen LogP contribution in [0.2, 0.25) is 0 Å². The fraction of sp³-hybridized carbons (Fsp3) is 0.364. The zero-order chi connectivity index (χ0) is 10.4. The number of carbonyl (C=O) groups is 1. The lowest BCUT2D eigenvalue weighted by atomic mass is 10.1. The van der Waals surface area contributed by atoms with Crippen LogP contribution in [0.4, 0.5) is 0 Å². The van der Waals surface area contributed by atoms with E-state index in [-0.39, 0.29) is 5.91 Å². The minimum absolute atomic E-state index is 0.309. The Morgan fingerprint density at radius 3 is 2.64 bits per heavy atom. The summed E-state index contributed by atoms with van der Waals surface area (Å²) in [5, 5.41) is 12.1. The van der Waals surface area contributed by atoms with E-state index in [9.17, 15) is 9.90 Å². The first kappa shape index (κ1) is 10.7. The Morgan fingerprint density at radius 1 is 1.43 bits per heavy atom. The lowest BCUT2D eigenvalue weighted by molar-refractivity contribution is -0.129. The molecule has 0 aliphatic heterocycles. The molecule has 2 N–H and O–H groups in total. The standard InChI is InChI=1S/C11H15NO2/c1-2-12-11(14)10(13)8-9-6-4-3-5-7-9/h3-7,10,13H,2,8H2,1H3,(H,12,14)/t10-/m1/s1. The minimum Gasteiger partial charge on any atom is -0.383 e. The summed E-state index contributed by atoms with van der Waals surface area (Å²) < 4.78 is 0. The van der Waals surface area contributed by atoms with E-state index < -0.39 is 6.10 Å². The van der Waals surface area contributed by atoms with Crippen molar-refractivity contribution in [3.8, 4) is 0 Å². The Kier molecular flexibility index (Phi) is 4.13. The van der Waals surface area contributed by atoms with Crippen LogP contribution in [0, 0.1) is 0 Å². The van der Waals surface area contributed by atoms with Crippen molar-refractivity contribution in [2.75, 3.05) is 6.54 Å². The van der Waals surface area contributed by atoms with E-state index in [1.807, 2.05) is 37.3 Å². The summed E-state index contributed by atoms with van der Waals surface area (Å²) in [4.78, 5) is 11.2. The lowest BCUT2D eigenvalue weighted by Crippen LogP contribution is -2.35. The number of hydrogen-bond donors (Lipinski definition) is 2. The highest BCUT2D eigenvalue weighted by molar-refractivity contribution is 5.80. The van der Waals surface area contributed by atoms with E-state index in [1.54, 1.807) is 0 Å². The zero-order valence-electron chi connectivity index (χ0n) is 8.23. The summed E-state index contributed by atoms with van der Waals surface area (Å²) >= 11 is 0. The molecule has 14 heavy (non-hydrogen) atoms. The second kappa shape index (κ2) is 5.40. The monoisotopic (exact) mass is 193 g/mol. The van der Waals surface area contributed by atoms with Crippen molar-refractivity contribution in [3.05, 3.63) is 35.9 Å². The molecule has 1 atom stereocenters. The summed E-state index contributed by atoms with van der Waals surface area (Å²) in [7, 11) is 0. The SMILES string of the molecule is CCNC(=O)[C@H](O)Cc1ccccc1. The van der Waals surface area contributed by atoms with Gasteiger partial charge in [-0.1, -0.05) is 30.3 Å². The van der Waals surface area contributed by atoms with Crippen LogP contribution in [0.3, 0.4) is 0 Å². The fourth-order valence-electron chi connectivity index (χ4n) is 1.22. The van der Waals surface area contributed by atoms with Gasteiger partial charge in [-0.15, -0.1) is 0 Å². The molecular weight excluding hydrogens is 178 g/mol. The van der Waals surface area contributed by atoms with Gasteiger partial charge < -0.3 is 10.4 Å². The predicted octanol–water partition coefficient (Wildman–Crippen LogP) is 0.726. The second-order valence-corrected chi connectivity index (χ2v) is 3.10. The summed E-state index contributed by atoms with van der Waals surface area (Å²) in [6.07, 6.45) is -0.579. The maximum Gasteiger partial charge on any atom is 0.249 e. The van der Waals surface area contributed by atoms with Crippen LogP contribution in [0.1, 0.15) is 12.5 Å². The van der Waals surface area contributed by atoms with Gasteiger partial charge in [-0.05, 0) is 12.5 Å². The highest BCUT2D eigenvalue weighted by Gasteiger charge is 2.13. The third-order valence-electron chi connectivity index (χ3n) is 1.93. The van der Waals surface area contributed by atoms with Gasteiger partial charge in [0.25, 0.3) is 0 Å². The van der Waals surface area contributed by atoms with Crippen LogP contribution in [0.5, 0.6) is 0 Å². The van der Waals surface area contributed by atoms with Crippen molar-refractivity contribution >= 4 is 5.91 Å². The molecule has 0 spiro atoms. The third kappa shape index (κ3) is 3.18. The van der Waals surface area contributed by atoms with E-state index >= 15 is 0 Å². The molecule has 1 rings (SSSR count). The molecule has 0 unspecified atom stereocenters. The Morgan fingerprint density at radius 2 is 2.07 bits per heavy atom. The number of benzene rings is 1. The molecule has 76 valence electrons. The van der Waals surface area contributed by atoms with E-state index in [0.29, 0.717) is 13.0 Å². The maximum absolute atomic E-state index is 11.2. The number of amides is 1. The number of rotatable bonds is 4. The average Bonchev–Trinajstić information content (AvgIpc) is 2.19. The molecule has 3 heteroatoms. The Hall–Kier alpha value is -1.35. The molecule has 1 aromatic rings. The summed E-state index contributed by atoms with van der Waals surface area (Å²) in [6, 6.07) is 9.46.